The van der Waals surface area contributed by atoms with Crippen LogP contribution >= 0.6 is 0 Å². The summed E-state index contributed by atoms with van der Waals surface area (Å²) in [6.45, 7) is -0.110. The molecule has 0 aliphatic heterocycles. The topological polar surface area (TPSA) is 82.0 Å². The Hall–Kier alpha value is -1.63. The third kappa shape index (κ3) is 2.19. The fraction of sp³-hybridized carbons (Fsp3) is 0.286. The first-order valence-corrected chi connectivity index (χ1v) is 3.68. The van der Waals surface area contributed by atoms with Crippen LogP contribution in [0, 0.1) is 10.1 Å². The van der Waals surface area contributed by atoms with Gasteiger partial charge >= 0.3 is 5.82 Å². The van der Waals surface area contributed by atoms with Gasteiger partial charge in [0.25, 0.3) is 6.43 Å². The van der Waals surface area contributed by atoms with E-state index >= 15 is 0 Å². The zero-order chi connectivity index (χ0) is 10.7. The average molecular weight is 203 g/mol. The van der Waals surface area contributed by atoms with Crippen LogP contribution in [0.25, 0.3) is 0 Å². The maximum Gasteiger partial charge on any atom is 0.364 e. The molecule has 0 saturated heterocycles. The van der Waals surface area contributed by atoms with E-state index in [0.29, 0.717) is 0 Å². The highest BCUT2D eigenvalue weighted by atomic mass is 19.3. The molecular weight excluding hydrogens is 196 g/mol. The highest BCUT2D eigenvalue weighted by Gasteiger charge is 2.17. The van der Waals surface area contributed by atoms with Crippen molar-refractivity contribution in [2.24, 2.45) is 5.73 Å². The Labute approximate surface area is 77.7 Å². The van der Waals surface area contributed by atoms with Crippen LogP contribution in [-0.4, -0.2) is 9.91 Å². The number of alkyl halides is 2. The number of nitrogens with two attached hydrogens (primary N) is 1. The summed E-state index contributed by atoms with van der Waals surface area (Å²) >= 11 is 0. The molecule has 0 spiro atoms. The Balaban J connectivity index is 3.20. The van der Waals surface area contributed by atoms with E-state index in [2.05, 4.69) is 4.98 Å². The van der Waals surface area contributed by atoms with Gasteiger partial charge in [-0.3, -0.25) is 0 Å². The van der Waals surface area contributed by atoms with Gasteiger partial charge in [0.05, 0.1) is 6.54 Å². The van der Waals surface area contributed by atoms with Gasteiger partial charge < -0.3 is 15.8 Å². The van der Waals surface area contributed by atoms with Crippen molar-refractivity contribution in [1.82, 2.24) is 4.98 Å². The van der Waals surface area contributed by atoms with Crippen molar-refractivity contribution in [2.45, 2.75) is 13.0 Å². The summed E-state index contributed by atoms with van der Waals surface area (Å²) in [4.78, 5) is 12.9. The normalized spacial score (nSPS) is 10.6. The van der Waals surface area contributed by atoms with Gasteiger partial charge in [-0.15, -0.1) is 0 Å². The van der Waals surface area contributed by atoms with E-state index in [9.17, 15) is 18.9 Å². The van der Waals surface area contributed by atoms with Crippen molar-refractivity contribution in [2.75, 3.05) is 0 Å². The molecule has 0 bridgehead atoms. The summed E-state index contributed by atoms with van der Waals surface area (Å²) in [5.74, 6) is -0.608. The summed E-state index contributed by atoms with van der Waals surface area (Å²) in [6, 6.07) is 1.79. The number of pyridine rings is 1. The molecule has 2 N–H and O–H groups in total. The molecule has 1 heterocycles. The van der Waals surface area contributed by atoms with Crippen LogP contribution in [0.15, 0.2) is 12.1 Å². The second kappa shape index (κ2) is 4.05. The minimum absolute atomic E-state index is 0.0782. The maximum absolute atomic E-state index is 12.2. The molecule has 0 fully saturated rings. The quantitative estimate of drug-likeness (QED) is 0.594. The summed E-state index contributed by atoms with van der Waals surface area (Å²) in [7, 11) is 0. The molecule has 14 heavy (non-hydrogen) atoms. The molecular formula is C7H7F2N3O2. The van der Waals surface area contributed by atoms with Crippen LogP contribution in [-0.2, 0) is 6.54 Å². The minimum Gasteiger partial charge on any atom is -0.358 e. The first-order chi connectivity index (χ1) is 6.54. The Morgan fingerprint density at radius 2 is 2.21 bits per heavy atom. The fourth-order valence-electron chi connectivity index (χ4n) is 0.919. The zero-order valence-electron chi connectivity index (χ0n) is 6.98. The molecule has 0 aliphatic rings. The van der Waals surface area contributed by atoms with Gasteiger partial charge in [-0.05, 0) is 16.0 Å². The van der Waals surface area contributed by atoms with E-state index in [4.69, 9.17) is 5.73 Å². The lowest BCUT2D eigenvalue weighted by Crippen LogP contribution is -2.04. The number of hydrogen-bond donors (Lipinski definition) is 1. The van der Waals surface area contributed by atoms with E-state index in [1.54, 1.807) is 0 Å². The number of nitrogens with zero attached hydrogens (tertiary/aromatic N) is 2. The molecule has 0 amide bonds. The van der Waals surface area contributed by atoms with Gasteiger partial charge in [-0.1, -0.05) is 0 Å². The lowest BCUT2D eigenvalue weighted by Gasteiger charge is -2.00. The number of hydrogen-bond acceptors (Lipinski definition) is 4. The second-order valence-corrected chi connectivity index (χ2v) is 2.51. The highest BCUT2D eigenvalue weighted by Crippen LogP contribution is 2.22. The Kier molecular flexibility index (Phi) is 3.03. The van der Waals surface area contributed by atoms with Gasteiger partial charge in [0, 0.05) is 11.6 Å². The van der Waals surface area contributed by atoms with E-state index < -0.39 is 22.7 Å². The third-order valence-electron chi connectivity index (χ3n) is 1.54. The molecule has 0 unspecified atom stereocenters. The van der Waals surface area contributed by atoms with Crippen LogP contribution in [0.1, 0.15) is 17.7 Å². The lowest BCUT2D eigenvalue weighted by molar-refractivity contribution is -0.389. The molecule has 7 heteroatoms. The Bertz CT molecular complexity index is 357. The van der Waals surface area contributed by atoms with E-state index in [0.717, 1.165) is 12.1 Å². The van der Waals surface area contributed by atoms with Gasteiger partial charge in [0.1, 0.15) is 0 Å². The van der Waals surface area contributed by atoms with Gasteiger partial charge in [0.2, 0.25) is 0 Å². The first-order valence-electron chi connectivity index (χ1n) is 3.68. The highest BCUT2D eigenvalue weighted by molar-refractivity contribution is 5.30. The Morgan fingerprint density at radius 3 is 2.64 bits per heavy atom. The molecule has 76 valence electrons. The van der Waals surface area contributed by atoms with Crippen LogP contribution in [0.2, 0.25) is 0 Å². The standard InChI is InChI=1S/C7H7F2N3O2/c8-7(9)4-1-5(3-10)11-6(2-4)12(13)14/h1-2,7H,3,10H2. The SMILES string of the molecule is NCc1cc(C(F)F)cc([N+](=O)[O-])n1. The molecule has 0 saturated carbocycles. The minimum atomic E-state index is -2.76. The number of rotatable bonds is 3. The molecule has 0 radical (unpaired) electrons. The smallest absolute Gasteiger partial charge is 0.358 e. The molecule has 0 aromatic carbocycles. The van der Waals surface area contributed by atoms with Crippen molar-refractivity contribution in [3.05, 3.63) is 33.5 Å². The van der Waals surface area contributed by atoms with Crippen LogP contribution in [0.4, 0.5) is 14.6 Å². The third-order valence-corrected chi connectivity index (χ3v) is 1.54. The van der Waals surface area contributed by atoms with Gasteiger partial charge in [-0.25, -0.2) is 8.78 Å². The summed E-state index contributed by atoms with van der Waals surface area (Å²) in [5, 5.41) is 10.3. The van der Waals surface area contributed by atoms with Crippen molar-refractivity contribution in [3.63, 3.8) is 0 Å². The zero-order valence-corrected chi connectivity index (χ0v) is 6.98. The van der Waals surface area contributed by atoms with Crippen molar-refractivity contribution in [1.29, 1.82) is 0 Å². The summed E-state index contributed by atoms with van der Waals surface area (Å²) < 4.78 is 24.5. The first kappa shape index (κ1) is 10.5. The van der Waals surface area contributed by atoms with E-state index in [1.807, 2.05) is 0 Å². The number of nitro groups is 1. The van der Waals surface area contributed by atoms with Crippen LogP contribution < -0.4 is 5.73 Å². The molecule has 0 aliphatic carbocycles. The van der Waals surface area contributed by atoms with Crippen molar-refractivity contribution < 1.29 is 13.7 Å². The van der Waals surface area contributed by atoms with Crippen LogP contribution in [0.5, 0.6) is 0 Å². The van der Waals surface area contributed by atoms with Crippen molar-refractivity contribution >= 4 is 5.82 Å². The molecule has 1 aromatic rings. The maximum atomic E-state index is 12.2. The monoisotopic (exact) mass is 203 g/mol. The van der Waals surface area contributed by atoms with E-state index in [1.165, 1.54) is 0 Å². The molecule has 1 aromatic heterocycles. The Morgan fingerprint density at radius 1 is 1.57 bits per heavy atom. The lowest BCUT2D eigenvalue weighted by atomic mass is 10.2. The molecule has 1 rings (SSSR count). The summed E-state index contributed by atoms with van der Waals surface area (Å²) in [5.41, 5.74) is 4.80. The van der Waals surface area contributed by atoms with Gasteiger partial charge in [-0.2, -0.15) is 0 Å². The average Bonchev–Trinajstić information content (AvgIpc) is 2.16. The summed E-state index contributed by atoms with van der Waals surface area (Å²) in [6.07, 6.45) is -2.76. The largest absolute Gasteiger partial charge is 0.364 e. The molecule has 5 nitrogen and oxygen atoms in total. The number of aromatic nitrogens is 1. The predicted octanol–water partition coefficient (Wildman–Crippen LogP) is 1.39. The van der Waals surface area contributed by atoms with E-state index in [-0.39, 0.29) is 12.2 Å². The second-order valence-electron chi connectivity index (χ2n) is 2.51. The van der Waals surface area contributed by atoms with Crippen molar-refractivity contribution in [3.8, 4) is 0 Å². The fourth-order valence-corrected chi connectivity index (χ4v) is 0.919. The number of halogens is 2. The van der Waals surface area contributed by atoms with Gasteiger partial charge in [0.15, 0.2) is 5.69 Å². The molecule has 0 atom stereocenters. The predicted molar refractivity (Wildman–Crippen MR) is 43.7 cm³/mol. The van der Waals surface area contributed by atoms with Crippen LogP contribution in [0.3, 0.4) is 0 Å².